The van der Waals surface area contributed by atoms with Gasteiger partial charge >= 0.3 is 5.97 Å². The molecule has 1 N–H and O–H groups in total. The zero-order chi connectivity index (χ0) is 29.6. The number of hydrogen-bond acceptors (Lipinski definition) is 8. The van der Waals surface area contributed by atoms with Gasteiger partial charge in [0.1, 0.15) is 34.2 Å². The van der Waals surface area contributed by atoms with Gasteiger partial charge in [0.05, 0.1) is 44.8 Å². The highest BCUT2D eigenvalue weighted by Gasteiger charge is 2.47. The molecule has 1 amide bonds. The summed E-state index contributed by atoms with van der Waals surface area (Å²) in [7, 11) is 4.77. The molecule has 6 rings (SSSR count). The topological polar surface area (TPSA) is 89.6 Å². The second-order valence-electron chi connectivity index (χ2n) is 10.6. The van der Waals surface area contributed by atoms with E-state index in [-0.39, 0.29) is 5.91 Å². The lowest BCUT2D eigenvalue weighted by Crippen LogP contribution is -2.57. The molecule has 2 heterocycles. The summed E-state index contributed by atoms with van der Waals surface area (Å²) in [6.45, 7) is 4.18. The molecule has 0 aromatic heterocycles. The van der Waals surface area contributed by atoms with Crippen molar-refractivity contribution in [1.82, 2.24) is 0 Å². The molecule has 4 aromatic rings. The molecule has 0 aliphatic carbocycles. The second kappa shape index (κ2) is 10.3. The van der Waals surface area contributed by atoms with E-state index >= 15 is 0 Å². The quantitative estimate of drug-likeness (QED) is 0.213. The fourth-order valence-corrected chi connectivity index (χ4v) is 5.49. The van der Waals surface area contributed by atoms with Crippen LogP contribution < -0.4 is 34.3 Å². The fourth-order valence-electron chi connectivity index (χ4n) is 5.49. The van der Waals surface area contributed by atoms with Crippen LogP contribution in [0.3, 0.4) is 0 Å². The van der Waals surface area contributed by atoms with Gasteiger partial charge in [-0.25, -0.2) is 9.80 Å². The van der Waals surface area contributed by atoms with Gasteiger partial charge in [-0.05, 0) is 74.0 Å². The number of anilines is 3. The van der Waals surface area contributed by atoms with E-state index in [9.17, 15) is 9.59 Å². The molecular weight excluding hydrogens is 534 g/mol. The Hall–Kier alpha value is -5.18. The van der Waals surface area contributed by atoms with Crippen LogP contribution in [0.4, 0.5) is 17.1 Å². The lowest BCUT2D eigenvalue weighted by atomic mass is 9.93. The standard InChI is InChI=1S/C33H31N3O6/c1-33(2)32(38)36-30-25(19-35(36)27-8-6-7-9-28(27)40-4)23(16-17-26(30)34-33)24-15-14-22(18-29(24)41-5)42-31(37)20-10-12-21(39-3)13-11-20/h6-18,34H,19H2,1-5H3. The molecule has 214 valence electrons. The average Bonchev–Trinajstić information content (AvgIpc) is 3.41. The maximum absolute atomic E-state index is 13.8. The Morgan fingerprint density at radius 3 is 2.21 bits per heavy atom. The number of nitrogens with one attached hydrogen (secondary N) is 1. The summed E-state index contributed by atoms with van der Waals surface area (Å²) in [6.07, 6.45) is 0. The van der Waals surface area contributed by atoms with Crippen molar-refractivity contribution in [3.63, 3.8) is 0 Å². The normalized spacial score (nSPS) is 14.6. The predicted molar refractivity (Wildman–Crippen MR) is 161 cm³/mol. The lowest BCUT2D eigenvalue weighted by molar-refractivity contribution is -0.122. The minimum Gasteiger partial charge on any atom is -0.497 e. The highest BCUT2D eigenvalue weighted by atomic mass is 16.5. The summed E-state index contributed by atoms with van der Waals surface area (Å²) >= 11 is 0. The van der Waals surface area contributed by atoms with E-state index in [1.54, 1.807) is 62.7 Å². The largest absolute Gasteiger partial charge is 0.497 e. The van der Waals surface area contributed by atoms with Crippen molar-refractivity contribution in [2.24, 2.45) is 0 Å². The van der Waals surface area contributed by atoms with E-state index in [1.807, 2.05) is 61.3 Å². The molecular formula is C33H31N3O6. The lowest BCUT2D eigenvalue weighted by Gasteiger charge is -2.41. The molecule has 0 atom stereocenters. The van der Waals surface area contributed by atoms with Crippen molar-refractivity contribution in [3.8, 4) is 34.1 Å². The molecule has 0 saturated heterocycles. The maximum atomic E-state index is 13.8. The van der Waals surface area contributed by atoms with E-state index in [2.05, 4.69) is 5.32 Å². The van der Waals surface area contributed by atoms with Crippen LogP contribution in [-0.2, 0) is 11.3 Å². The molecule has 0 spiro atoms. The monoisotopic (exact) mass is 565 g/mol. The molecule has 0 unspecified atom stereocenters. The molecule has 4 aromatic carbocycles. The van der Waals surface area contributed by atoms with Crippen molar-refractivity contribution in [3.05, 3.63) is 90.0 Å². The van der Waals surface area contributed by atoms with E-state index in [0.717, 1.165) is 33.8 Å². The minimum atomic E-state index is -0.816. The summed E-state index contributed by atoms with van der Waals surface area (Å²) in [6, 6.07) is 23.7. The predicted octanol–water partition coefficient (Wildman–Crippen LogP) is 6.07. The first-order valence-electron chi connectivity index (χ1n) is 13.5. The Kier molecular flexibility index (Phi) is 6.65. The van der Waals surface area contributed by atoms with Gasteiger partial charge in [-0.2, -0.15) is 0 Å². The summed E-state index contributed by atoms with van der Waals surface area (Å²) in [4.78, 5) is 26.6. The van der Waals surface area contributed by atoms with Crippen molar-refractivity contribution in [2.45, 2.75) is 25.9 Å². The number of methoxy groups -OCH3 is 3. The van der Waals surface area contributed by atoms with E-state index in [4.69, 9.17) is 18.9 Å². The van der Waals surface area contributed by atoms with Gasteiger partial charge in [-0.1, -0.05) is 18.2 Å². The third kappa shape index (κ3) is 4.43. The number of amides is 1. The van der Waals surface area contributed by atoms with E-state index in [1.165, 1.54) is 0 Å². The maximum Gasteiger partial charge on any atom is 0.343 e. The third-order valence-electron chi connectivity index (χ3n) is 7.58. The molecule has 0 radical (unpaired) electrons. The first-order valence-corrected chi connectivity index (χ1v) is 13.5. The molecule has 2 aliphatic heterocycles. The number of hydrogen-bond donors (Lipinski definition) is 1. The summed E-state index contributed by atoms with van der Waals surface area (Å²) < 4.78 is 22.3. The highest BCUT2D eigenvalue weighted by Crippen LogP contribution is 2.51. The number of rotatable bonds is 7. The smallest absolute Gasteiger partial charge is 0.343 e. The van der Waals surface area contributed by atoms with Gasteiger partial charge in [0.15, 0.2) is 0 Å². The SMILES string of the molecule is COc1ccc(C(=O)Oc2ccc(-c3ccc4c5c3CN(c3ccccc3OC)N5C(=O)C(C)(C)N4)c(OC)c2)cc1. The Morgan fingerprint density at radius 2 is 1.50 bits per heavy atom. The number of benzene rings is 4. The molecule has 2 aliphatic rings. The molecule has 0 fully saturated rings. The molecule has 0 bridgehead atoms. The molecule has 9 nitrogen and oxygen atoms in total. The van der Waals surface area contributed by atoms with Crippen LogP contribution in [0.15, 0.2) is 78.9 Å². The highest BCUT2D eigenvalue weighted by molar-refractivity contribution is 6.12. The first-order chi connectivity index (χ1) is 20.2. The van der Waals surface area contributed by atoms with Gasteiger partial charge in [0.2, 0.25) is 0 Å². The number of carbonyl (C=O) groups is 2. The number of esters is 1. The van der Waals surface area contributed by atoms with Gasteiger partial charge in [0.25, 0.3) is 5.91 Å². The summed E-state index contributed by atoms with van der Waals surface area (Å²) in [5.74, 6) is 1.63. The van der Waals surface area contributed by atoms with E-state index < -0.39 is 11.5 Å². The minimum absolute atomic E-state index is 0.0791. The number of carbonyl (C=O) groups excluding carboxylic acids is 2. The van der Waals surface area contributed by atoms with Crippen LogP contribution in [0.1, 0.15) is 29.8 Å². The van der Waals surface area contributed by atoms with Crippen molar-refractivity contribution < 1.29 is 28.5 Å². The van der Waals surface area contributed by atoms with Crippen molar-refractivity contribution in [2.75, 3.05) is 36.7 Å². The van der Waals surface area contributed by atoms with Crippen molar-refractivity contribution in [1.29, 1.82) is 0 Å². The number of para-hydroxylation sites is 2. The van der Waals surface area contributed by atoms with Crippen molar-refractivity contribution >= 4 is 28.9 Å². The van der Waals surface area contributed by atoms with Gasteiger partial charge in [-0.15, -0.1) is 0 Å². The Morgan fingerprint density at radius 1 is 0.810 bits per heavy atom. The zero-order valence-electron chi connectivity index (χ0n) is 24.1. The molecule has 9 heteroatoms. The van der Waals surface area contributed by atoms with Crippen LogP contribution in [0.2, 0.25) is 0 Å². The number of nitrogens with zero attached hydrogens (tertiary/aromatic N) is 2. The Bertz CT molecular complexity index is 1700. The van der Waals surface area contributed by atoms with Crippen LogP contribution in [0.5, 0.6) is 23.0 Å². The second-order valence-corrected chi connectivity index (χ2v) is 10.6. The average molecular weight is 566 g/mol. The van der Waals surface area contributed by atoms with Gasteiger partial charge < -0.3 is 24.3 Å². The van der Waals surface area contributed by atoms with Crippen LogP contribution in [-0.4, -0.2) is 38.7 Å². The van der Waals surface area contributed by atoms with E-state index in [0.29, 0.717) is 35.1 Å². The Labute approximate surface area is 244 Å². The fraction of sp³-hybridized carbons (Fsp3) is 0.212. The molecule has 42 heavy (non-hydrogen) atoms. The summed E-state index contributed by atoms with van der Waals surface area (Å²) in [5, 5.41) is 7.12. The van der Waals surface area contributed by atoms with Gasteiger partial charge in [0, 0.05) is 17.2 Å². The number of ether oxygens (including phenoxy) is 4. The zero-order valence-corrected chi connectivity index (χ0v) is 24.1. The van der Waals surface area contributed by atoms with Crippen LogP contribution >= 0.6 is 0 Å². The first kappa shape index (κ1) is 27.0. The van der Waals surface area contributed by atoms with Gasteiger partial charge in [-0.3, -0.25) is 9.80 Å². The summed E-state index contributed by atoms with van der Waals surface area (Å²) in [5.41, 5.74) is 4.68. The third-order valence-corrected chi connectivity index (χ3v) is 7.58. The Balaban J connectivity index is 1.40. The number of hydrazine groups is 1. The van der Waals surface area contributed by atoms with Crippen LogP contribution in [0, 0.1) is 0 Å². The molecule has 0 saturated carbocycles. The van der Waals surface area contributed by atoms with Crippen LogP contribution in [0.25, 0.3) is 11.1 Å².